The lowest BCUT2D eigenvalue weighted by Gasteiger charge is -2.23. The molecule has 1 aliphatic rings. The number of Topliss-reactive ketones (excluding diaryl/α,β-unsaturated/α-hetero) is 1. The van der Waals surface area contributed by atoms with Crippen LogP contribution in [-0.4, -0.2) is 50.5 Å². The van der Waals surface area contributed by atoms with E-state index in [1.54, 1.807) is 28.8 Å². The third-order valence-corrected chi connectivity index (χ3v) is 7.05. The van der Waals surface area contributed by atoms with Gasteiger partial charge in [0.05, 0.1) is 11.9 Å². The summed E-state index contributed by atoms with van der Waals surface area (Å²) >= 11 is 0. The number of nitrogens with one attached hydrogen (secondary N) is 3. The van der Waals surface area contributed by atoms with E-state index in [4.69, 9.17) is 14.7 Å². The maximum absolute atomic E-state index is 13.2. The van der Waals surface area contributed by atoms with Crippen LogP contribution in [0.15, 0.2) is 67.4 Å². The molecule has 2 aromatic carbocycles. The molecule has 0 saturated carbocycles. The van der Waals surface area contributed by atoms with E-state index in [-0.39, 0.29) is 30.1 Å². The van der Waals surface area contributed by atoms with Gasteiger partial charge in [-0.15, -0.1) is 0 Å². The molecule has 0 bridgehead atoms. The summed E-state index contributed by atoms with van der Waals surface area (Å²) in [6.45, 7) is 9.65. The standard InChI is InChI=1S/C31H35N7O3/c1-4-28(40)35-26-11-6-5-10-24(26)27(39)17-21-8-7-9-22(16-21)18-32-31-37-30(34-23-12-14-41-15-13-23)36-29-25(20(2)3)19-33-38(29)31/h4-11,16,19-20,23H,1,12-15,17-18H2,2-3H3,(H,35,40)(H2,32,34,36,37). The average molecular weight is 554 g/mol. The largest absolute Gasteiger partial charge is 0.381 e. The van der Waals surface area contributed by atoms with Gasteiger partial charge < -0.3 is 20.7 Å². The smallest absolute Gasteiger partial charge is 0.247 e. The second-order valence-corrected chi connectivity index (χ2v) is 10.4. The van der Waals surface area contributed by atoms with Gasteiger partial charge in [0.1, 0.15) is 0 Å². The Morgan fingerprint density at radius 2 is 1.88 bits per heavy atom. The van der Waals surface area contributed by atoms with Crippen LogP contribution in [-0.2, 0) is 22.5 Å². The van der Waals surface area contributed by atoms with Gasteiger partial charge in [0.15, 0.2) is 11.4 Å². The number of carbonyl (C=O) groups excluding carboxylic acids is 2. The van der Waals surface area contributed by atoms with E-state index in [0.717, 1.165) is 48.4 Å². The van der Waals surface area contributed by atoms with E-state index in [1.165, 1.54) is 6.08 Å². The Hall–Kier alpha value is -4.57. The molecule has 41 heavy (non-hydrogen) atoms. The lowest BCUT2D eigenvalue weighted by atomic mass is 10.00. The molecule has 2 aromatic heterocycles. The van der Waals surface area contributed by atoms with Crippen LogP contribution in [0, 0.1) is 0 Å². The number of amides is 1. The molecule has 10 nitrogen and oxygen atoms in total. The van der Waals surface area contributed by atoms with Crippen LogP contribution in [0.25, 0.3) is 5.65 Å². The third-order valence-electron chi connectivity index (χ3n) is 7.05. The van der Waals surface area contributed by atoms with E-state index >= 15 is 0 Å². The van der Waals surface area contributed by atoms with Crippen molar-refractivity contribution >= 4 is 34.9 Å². The number of aromatic nitrogens is 4. The first-order valence-corrected chi connectivity index (χ1v) is 13.9. The number of hydrogen-bond donors (Lipinski definition) is 3. The van der Waals surface area contributed by atoms with Gasteiger partial charge in [0.25, 0.3) is 0 Å². The zero-order valence-electron chi connectivity index (χ0n) is 23.4. The highest BCUT2D eigenvalue weighted by atomic mass is 16.5. The first kappa shape index (κ1) is 28.0. The van der Waals surface area contributed by atoms with Crippen molar-refractivity contribution < 1.29 is 14.3 Å². The Morgan fingerprint density at radius 1 is 1.10 bits per heavy atom. The van der Waals surface area contributed by atoms with Crippen LogP contribution in [0.5, 0.6) is 0 Å². The molecule has 1 aliphatic heterocycles. The van der Waals surface area contributed by atoms with E-state index in [2.05, 4.69) is 41.5 Å². The molecule has 5 rings (SSSR count). The number of rotatable bonds is 11. The molecular weight excluding hydrogens is 518 g/mol. The Morgan fingerprint density at radius 3 is 2.66 bits per heavy atom. The van der Waals surface area contributed by atoms with Crippen molar-refractivity contribution in [3.63, 3.8) is 0 Å². The average Bonchev–Trinajstić information content (AvgIpc) is 3.41. The second-order valence-electron chi connectivity index (χ2n) is 10.4. The van der Waals surface area contributed by atoms with Gasteiger partial charge in [-0.25, -0.2) is 0 Å². The maximum Gasteiger partial charge on any atom is 0.247 e. The molecular formula is C31H35N7O3. The highest BCUT2D eigenvalue weighted by Gasteiger charge is 2.19. The lowest BCUT2D eigenvalue weighted by molar-refractivity contribution is -0.111. The van der Waals surface area contributed by atoms with E-state index in [0.29, 0.717) is 29.7 Å². The Balaban J connectivity index is 1.33. The molecule has 3 N–H and O–H groups in total. The summed E-state index contributed by atoms with van der Waals surface area (Å²) < 4.78 is 7.24. The summed E-state index contributed by atoms with van der Waals surface area (Å²) in [6, 6.07) is 15.1. The zero-order chi connectivity index (χ0) is 28.8. The SMILES string of the molecule is C=CC(=O)Nc1ccccc1C(=O)Cc1cccc(CNc2nc(NC3CCOCC3)nc3c(C(C)C)cnn23)c1. The molecule has 0 aliphatic carbocycles. The van der Waals surface area contributed by atoms with Gasteiger partial charge in [0.2, 0.25) is 17.8 Å². The number of nitrogens with zero attached hydrogens (tertiary/aromatic N) is 4. The van der Waals surface area contributed by atoms with Crippen molar-refractivity contribution in [2.24, 2.45) is 0 Å². The summed E-state index contributed by atoms with van der Waals surface area (Å²) in [5.74, 6) is 0.964. The maximum atomic E-state index is 13.2. The fourth-order valence-electron chi connectivity index (χ4n) is 4.84. The molecule has 0 atom stereocenters. The summed E-state index contributed by atoms with van der Waals surface area (Å²) in [7, 11) is 0. The predicted molar refractivity (Wildman–Crippen MR) is 159 cm³/mol. The van der Waals surface area contributed by atoms with Crippen molar-refractivity contribution in [2.75, 3.05) is 29.2 Å². The molecule has 1 saturated heterocycles. The number of benzene rings is 2. The van der Waals surface area contributed by atoms with Gasteiger partial charge >= 0.3 is 0 Å². The Labute approximate surface area is 239 Å². The number of para-hydroxylation sites is 1. The summed E-state index contributed by atoms with van der Waals surface area (Å²) in [5, 5.41) is 14.2. The second kappa shape index (κ2) is 12.7. The highest BCUT2D eigenvalue weighted by Crippen LogP contribution is 2.24. The van der Waals surface area contributed by atoms with Crippen LogP contribution in [0.2, 0.25) is 0 Å². The molecule has 10 heteroatoms. The number of ketones is 1. The fourth-order valence-corrected chi connectivity index (χ4v) is 4.84. The van der Waals surface area contributed by atoms with Crippen molar-refractivity contribution in [2.45, 2.75) is 51.6 Å². The molecule has 3 heterocycles. The molecule has 4 aromatic rings. The number of carbonyl (C=O) groups is 2. The molecule has 1 amide bonds. The van der Waals surface area contributed by atoms with Crippen LogP contribution < -0.4 is 16.0 Å². The third kappa shape index (κ3) is 6.78. The van der Waals surface area contributed by atoms with Crippen LogP contribution in [0.1, 0.15) is 59.7 Å². The Kier molecular flexibility index (Phi) is 8.69. The van der Waals surface area contributed by atoms with Crippen LogP contribution in [0.4, 0.5) is 17.6 Å². The number of anilines is 3. The molecule has 0 unspecified atom stereocenters. The Bertz CT molecular complexity index is 1560. The van der Waals surface area contributed by atoms with Gasteiger partial charge in [-0.2, -0.15) is 19.6 Å². The van der Waals surface area contributed by atoms with Gasteiger partial charge in [-0.3, -0.25) is 9.59 Å². The van der Waals surface area contributed by atoms with Crippen molar-refractivity contribution in [1.29, 1.82) is 0 Å². The molecule has 1 fully saturated rings. The topological polar surface area (TPSA) is 123 Å². The minimum absolute atomic E-state index is 0.0887. The lowest BCUT2D eigenvalue weighted by Crippen LogP contribution is -2.29. The summed E-state index contributed by atoms with van der Waals surface area (Å²) in [6.07, 6.45) is 5.04. The first-order valence-electron chi connectivity index (χ1n) is 13.9. The van der Waals surface area contributed by atoms with E-state index in [1.807, 2.05) is 30.5 Å². The number of hydrogen-bond acceptors (Lipinski definition) is 8. The molecule has 0 radical (unpaired) electrons. The van der Waals surface area contributed by atoms with Gasteiger partial charge in [-0.05, 0) is 48.1 Å². The molecule has 0 spiro atoms. The summed E-state index contributed by atoms with van der Waals surface area (Å²) in [4.78, 5) is 34.5. The van der Waals surface area contributed by atoms with Crippen LogP contribution >= 0.6 is 0 Å². The van der Waals surface area contributed by atoms with Gasteiger partial charge in [0, 0.05) is 43.3 Å². The van der Waals surface area contributed by atoms with E-state index < -0.39 is 0 Å². The van der Waals surface area contributed by atoms with Crippen molar-refractivity contribution in [3.05, 3.63) is 89.6 Å². The van der Waals surface area contributed by atoms with Gasteiger partial charge in [-0.1, -0.05) is 56.8 Å². The predicted octanol–water partition coefficient (Wildman–Crippen LogP) is 5.00. The quantitative estimate of drug-likeness (QED) is 0.175. The minimum Gasteiger partial charge on any atom is -0.381 e. The number of ether oxygens (including phenoxy) is 1. The van der Waals surface area contributed by atoms with E-state index in [9.17, 15) is 9.59 Å². The normalized spacial score (nSPS) is 13.7. The van der Waals surface area contributed by atoms with Crippen molar-refractivity contribution in [1.82, 2.24) is 19.6 Å². The highest BCUT2D eigenvalue weighted by molar-refractivity contribution is 6.07. The van der Waals surface area contributed by atoms with Crippen LogP contribution in [0.3, 0.4) is 0 Å². The number of fused-ring (bicyclic) bond motifs is 1. The fraction of sp³-hybridized carbons (Fsp3) is 0.323. The first-order chi connectivity index (χ1) is 19.9. The minimum atomic E-state index is -0.360. The zero-order valence-corrected chi connectivity index (χ0v) is 23.4. The molecule has 212 valence electrons. The summed E-state index contributed by atoms with van der Waals surface area (Å²) in [5.41, 5.74) is 4.61. The van der Waals surface area contributed by atoms with Crippen molar-refractivity contribution in [3.8, 4) is 0 Å². The monoisotopic (exact) mass is 553 g/mol.